The van der Waals surface area contributed by atoms with E-state index in [1.807, 2.05) is 32.0 Å². The van der Waals surface area contributed by atoms with Crippen molar-refractivity contribution >= 4 is 41.2 Å². The summed E-state index contributed by atoms with van der Waals surface area (Å²) in [7, 11) is 1.49. The molecule has 0 atom stereocenters. The zero-order valence-electron chi connectivity index (χ0n) is 20.5. The Morgan fingerprint density at radius 3 is 2.24 bits per heavy atom. The molecule has 4 amide bonds. The smallest absolute Gasteiger partial charge is 0.335 e. The highest BCUT2D eigenvalue weighted by Gasteiger charge is 2.36. The van der Waals surface area contributed by atoms with Crippen molar-refractivity contribution in [1.82, 2.24) is 5.32 Å². The van der Waals surface area contributed by atoms with Crippen molar-refractivity contribution < 1.29 is 28.6 Å². The number of hydrogen-bond acceptors (Lipinski definition) is 6. The molecule has 9 heteroatoms. The van der Waals surface area contributed by atoms with Crippen molar-refractivity contribution in [2.45, 2.75) is 13.8 Å². The summed E-state index contributed by atoms with van der Waals surface area (Å²) in [6.45, 7) is 4.59. The molecule has 3 aromatic rings. The second kappa shape index (κ2) is 11.2. The predicted molar refractivity (Wildman–Crippen MR) is 140 cm³/mol. The number of amides is 4. The van der Waals surface area contributed by atoms with Gasteiger partial charge in [-0.1, -0.05) is 35.9 Å². The Balaban J connectivity index is 1.48. The molecule has 1 fully saturated rings. The van der Waals surface area contributed by atoms with Gasteiger partial charge in [0.2, 0.25) is 0 Å². The molecular weight excluding hydrogens is 496 g/mol. The molecule has 0 aliphatic carbocycles. The molecule has 8 nitrogen and oxygen atoms in total. The summed E-state index contributed by atoms with van der Waals surface area (Å²) in [6.07, 6.45) is 1.39. The molecular formula is C28H25ClN2O6. The number of para-hydroxylation sites is 1. The number of urea groups is 1. The Bertz CT molecular complexity index is 1360. The van der Waals surface area contributed by atoms with Crippen LogP contribution < -0.4 is 24.4 Å². The fraction of sp³-hybridized carbons (Fsp3) is 0.179. The Hall–Kier alpha value is -4.30. The number of methoxy groups -OCH3 is 1. The molecule has 0 unspecified atom stereocenters. The van der Waals surface area contributed by atoms with E-state index in [0.29, 0.717) is 28.7 Å². The SMILES string of the molecule is COc1cc(/C=C2\C(=O)NC(=O)N(c3ccc(Cl)cc3)C2=O)ccc1OCCOc1c(C)cccc1C. The standard InChI is InChI=1S/C28H25ClN2O6/c1-17-5-4-6-18(2)25(17)37-14-13-36-23-12-7-19(16-24(23)35-3)15-22-26(32)30-28(34)31(27(22)33)21-10-8-20(29)9-11-21/h4-12,15-16H,13-14H2,1-3H3,(H,30,32,34)/b22-15+. The topological polar surface area (TPSA) is 94.2 Å². The average molecular weight is 521 g/mol. The number of rotatable bonds is 8. The number of nitrogens with zero attached hydrogens (tertiary/aromatic N) is 1. The van der Waals surface area contributed by atoms with Gasteiger partial charge in [-0.15, -0.1) is 0 Å². The number of carbonyl (C=O) groups is 3. The van der Waals surface area contributed by atoms with Gasteiger partial charge in [0.1, 0.15) is 24.5 Å². The minimum atomic E-state index is -0.834. The summed E-state index contributed by atoms with van der Waals surface area (Å²) in [6, 6.07) is 16.3. The third kappa shape index (κ3) is 5.76. The lowest BCUT2D eigenvalue weighted by Gasteiger charge is -2.26. The van der Waals surface area contributed by atoms with Gasteiger partial charge in [-0.2, -0.15) is 0 Å². The fourth-order valence-corrected chi connectivity index (χ4v) is 3.99. The summed E-state index contributed by atoms with van der Waals surface area (Å²) in [5.41, 5.74) is 2.70. The molecule has 0 spiro atoms. The summed E-state index contributed by atoms with van der Waals surface area (Å²) in [4.78, 5) is 38.8. The van der Waals surface area contributed by atoms with Gasteiger partial charge in [-0.3, -0.25) is 14.9 Å². The van der Waals surface area contributed by atoms with Crippen LogP contribution in [0, 0.1) is 13.8 Å². The number of ether oxygens (including phenoxy) is 3. The van der Waals surface area contributed by atoms with Crippen LogP contribution in [0.5, 0.6) is 17.2 Å². The highest BCUT2D eigenvalue weighted by molar-refractivity contribution is 6.39. The summed E-state index contributed by atoms with van der Waals surface area (Å²) < 4.78 is 17.2. The van der Waals surface area contributed by atoms with Crippen LogP contribution in [-0.4, -0.2) is 38.2 Å². The number of halogens is 1. The van der Waals surface area contributed by atoms with Crippen molar-refractivity contribution in [2.24, 2.45) is 0 Å². The molecule has 190 valence electrons. The molecule has 1 N–H and O–H groups in total. The first kappa shape index (κ1) is 25.8. The maximum Gasteiger partial charge on any atom is 0.335 e. The van der Waals surface area contributed by atoms with Crippen molar-refractivity contribution in [1.29, 1.82) is 0 Å². The van der Waals surface area contributed by atoms with Crippen LogP contribution in [-0.2, 0) is 9.59 Å². The quantitative estimate of drug-likeness (QED) is 0.252. The Labute approximate surface area is 219 Å². The van der Waals surface area contributed by atoms with E-state index in [4.69, 9.17) is 25.8 Å². The molecule has 0 radical (unpaired) electrons. The maximum atomic E-state index is 13.1. The van der Waals surface area contributed by atoms with E-state index in [-0.39, 0.29) is 17.9 Å². The van der Waals surface area contributed by atoms with Crippen LogP contribution in [0.3, 0.4) is 0 Å². The van der Waals surface area contributed by atoms with E-state index in [1.54, 1.807) is 30.3 Å². The third-order valence-electron chi connectivity index (χ3n) is 5.68. The monoisotopic (exact) mass is 520 g/mol. The summed E-state index contributed by atoms with van der Waals surface area (Å²) in [5, 5.41) is 2.65. The van der Waals surface area contributed by atoms with E-state index in [2.05, 4.69) is 5.32 Å². The Morgan fingerprint density at radius 2 is 1.57 bits per heavy atom. The molecule has 4 rings (SSSR count). The summed E-state index contributed by atoms with van der Waals surface area (Å²) >= 11 is 5.91. The van der Waals surface area contributed by atoms with Crippen LogP contribution in [0.2, 0.25) is 5.02 Å². The average Bonchev–Trinajstić information content (AvgIpc) is 2.87. The second-order valence-electron chi connectivity index (χ2n) is 8.26. The number of aryl methyl sites for hydroxylation is 2. The van der Waals surface area contributed by atoms with Crippen molar-refractivity contribution in [2.75, 3.05) is 25.2 Å². The normalized spacial score (nSPS) is 14.5. The van der Waals surface area contributed by atoms with Gasteiger partial charge < -0.3 is 14.2 Å². The number of imide groups is 2. The molecule has 0 saturated carbocycles. The zero-order chi connectivity index (χ0) is 26.5. The van der Waals surface area contributed by atoms with E-state index in [1.165, 1.54) is 25.3 Å². The number of nitrogens with one attached hydrogen (secondary N) is 1. The van der Waals surface area contributed by atoms with Crippen molar-refractivity contribution in [3.63, 3.8) is 0 Å². The molecule has 0 bridgehead atoms. The van der Waals surface area contributed by atoms with Gasteiger partial charge in [-0.05, 0) is 73.0 Å². The van der Waals surface area contributed by atoms with Crippen molar-refractivity contribution in [3.8, 4) is 17.2 Å². The number of anilines is 1. The number of barbiturate groups is 1. The lowest BCUT2D eigenvalue weighted by Crippen LogP contribution is -2.54. The third-order valence-corrected chi connectivity index (χ3v) is 5.93. The van der Waals surface area contributed by atoms with Crippen LogP contribution in [0.1, 0.15) is 16.7 Å². The molecule has 1 aliphatic heterocycles. The first-order valence-corrected chi connectivity index (χ1v) is 11.8. The largest absolute Gasteiger partial charge is 0.493 e. The number of hydrogen-bond donors (Lipinski definition) is 1. The predicted octanol–water partition coefficient (Wildman–Crippen LogP) is 5.09. The molecule has 1 aliphatic rings. The zero-order valence-corrected chi connectivity index (χ0v) is 21.3. The fourth-order valence-electron chi connectivity index (χ4n) is 3.86. The van der Waals surface area contributed by atoms with Crippen LogP contribution >= 0.6 is 11.6 Å². The molecule has 1 saturated heterocycles. The van der Waals surface area contributed by atoms with Gasteiger partial charge in [0, 0.05) is 5.02 Å². The van der Waals surface area contributed by atoms with Gasteiger partial charge in [0.05, 0.1) is 12.8 Å². The maximum absolute atomic E-state index is 13.1. The van der Waals surface area contributed by atoms with E-state index in [9.17, 15) is 14.4 Å². The molecule has 3 aromatic carbocycles. The van der Waals surface area contributed by atoms with Gasteiger partial charge in [0.25, 0.3) is 11.8 Å². The number of benzene rings is 3. The molecule has 1 heterocycles. The highest BCUT2D eigenvalue weighted by Crippen LogP contribution is 2.30. The van der Waals surface area contributed by atoms with E-state index >= 15 is 0 Å². The van der Waals surface area contributed by atoms with Gasteiger partial charge >= 0.3 is 6.03 Å². The highest BCUT2D eigenvalue weighted by atomic mass is 35.5. The first-order chi connectivity index (χ1) is 17.8. The summed E-state index contributed by atoms with van der Waals surface area (Å²) in [5.74, 6) is 0.187. The Kier molecular flexibility index (Phi) is 7.79. The number of carbonyl (C=O) groups excluding carboxylic acids is 3. The van der Waals surface area contributed by atoms with E-state index in [0.717, 1.165) is 21.8 Å². The van der Waals surface area contributed by atoms with E-state index < -0.39 is 17.8 Å². The van der Waals surface area contributed by atoms with Crippen LogP contribution in [0.15, 0.2) is 66.2 Å². The van der Waals surface area contributed by atoms with Gasteiger partial charge in [-0.25, -0.2) is 9.69 Å². The van der Waals surface area contributed by atoms with Crippen LogP contribution in [0.25, 0.3) is 6.08 Å². The molecule has 37 heavy (non-hydrogen) atoms. The lowest BCUT2D eigenvalue weighted by molar-refractivity contribution is -0.122. The molecule has 0 aromatic heterocycles. The Morgan fingerprint density at radius 1 is 0.892 bits per heavy atom. The first-order valence-electron chi connectivity index (χ1n) is 11.5. The lowest BCUT2D eigenvalue weighted by atomic mass is 10.1. The second-order valence-corrected chi connectivity index (χ2v) is 8.70. The minimum Gasteiger partial charge on any atom is -0.493 e. The van der Waals surface area contributed by atoms with Crippen LogP contribution in [0.4, 0.5) is 10.5 Å². The van der Waals surface area contributed by atoms with Crippen molar-refractivity contribution in [3.05, 3.63) is 87.9 Å². The van der Waals surface area contributed by atoms with Gasteiger partial charge in [0.15, 0.2) is 11.5 Å². The minimum absolute atomic E-state index is 0.202.